The second-order valence-corrected chi connectivity index (χ2v) is 7.89. The summed E-state index contributed by atoms with van der Waals surface area (Å²) in [4.78, 5) is 12.5. The van der Waals surface area contributed by atoms with Gasteiger partial charge in [0, 0.05) is 11.9 Å². The maximum Gasteiger partial charge on any atom is 0.241 e. The molecule has 0 radical (unpaired) electrons. The first-order valence-corrected chi connectivity index (χ1v) is 9.01. The lowest BCUT2D eigenvalue weighted by atomic mass is 9.94. The number of rotatable bonds is 3. The predicted molar refractivity (Wildman–Crippen MR) is 83.1 cm³/mol. The Morgan fingerprint density at radius 2 is 2.10 bits per heavy atom. The molecule has 1 fully saturated rings. The smallest absolute Gasteiger partial charge is 0.241 e. The van der Waals surface area contributed by atoms with Crippen LogP contribution in [0.2, 0.25) is 0 Å². The van der Waals surface area contributed by atoms with Crippen LogP contribution in [0.25, 0.3) is 0 Å². The van der Waals surface area contributed by atoms with Crippen LogP contribution in [0.15, 0.2) is 23.1 Å². The van der Waals surface area contributed by atoms with Crippen LogP contribution in [0.3, 0.4) is 0 Å². The van der Waals surface area contributed by atoms with Gasteiger partial charge in [0.25, 0.3) is 0 Å². The van der Waals surface area contributed by atoms with E-state index in [1.54, 1.807) is 12.1 Å². The lowest BCUT2D eigenvalue weighted by Crippen LogP contribution is -2.45. The zero-order valence-corrected chi connectivity index (χ0v) is 13.5. The van der Waals surface area contributed by atoms with E-state index in [0.717, 1.165) is 31.2 Å². The molecule has 21 heavy (non-hydrogen) atoms. The summed E-state index contributed by atoms with van der Waals surface area (Å²) < 4.78 is 23.2. The zero-order chi connectivity index (χ0) is 15.6. The number of hydrogen-bond donors (Lipinski definition) is 2. The molecule has 0 spiro atoms. The van der Waals surface area contributed by atoms with Gasteiger partial charge in [0.1, 0.15) is 0 Å². The minimum atomic E-state index is -3.28. The standard InChI is InChI=1S/C15H22N2O3S/c1-10-6-7-16-14(8-10)15(18)17-13-9-12(21(3,19)20)5-4-11(13)2/h4-5,9-10,14,16H,6-8H2,1-3H3,(H,17,18). The van der Waals surface area contributed by atoms with Crippen LogP contribution in [-0.2, 0) is 14.6 Å². The van der Waals surface area contributed by atoms with Crippen molar-refractivity contribution in [1.29, 1.82) is 0 Å². The van der Waals surface area contributed by atoms with Crippen molar-refractivity contribution in [3.63, 3.8) is 0 Å². The van der Waals surface area contributed by atoms with Gasteiger partial charge in [0.2, 0.25) is 5.91 Å². The van der Waals surface area contributed by atoms with Crippen LogP contribution in [-0.4, -0.2) is 33.2 Å². The van der Waals surface area contributed by atoms with Crippen LogP contribution < -0.4 is 10.6 Å². The van der Waals surface area contributed by atoms with Crippen LogP contribution in [0.1, 0.15) is 25.3 Å². The first-order valence-electron chi connectivity index (χ1n) is 7.12. The summed E-state index contributed by atoms with van der Waals surface area (Å²) in [7, 11) is -3.28. The first-order chi connectivity index (χ1) is 9.77. The van der Waals surface area contributed by atoms with Crippen molar-refractivity contribution in [2.24, 2.45) is 5.92 Å². The Kier molecular flexibility index (Phi) is 4.68. The number of nitrogens with one attached hydrogen (secondary N) is 2. The minimum absolute atomic E-state index is 0.102. The fourth-order valence-corrected chi connectivity index (χ4v) is 3.14. The van der Waals surface area contributed by atoms with E-state index >= 15 is 0 Å². The van der Waals surface area contributed by atoms with Crippen molar-refractivity contribution < 1.29 is 13.2 Å². The van der Waals surface area contributed by atoms with E-state index in [9.17, 15) is 13.2 Å². The van der Waals surface area contributed by atoms with Crippen molar-refractivity contribution in [3.8, 4) is 0 Å². The molecule has 2 N–H and O–H groups in total. The number of piperidine rings is 1. The van der Waals surface area contributed by atoms with Gasteiger partial charge in [-0.3, -0.25) is 4.79 Å². The van der Waals surface area contributed by atoms with Gasteiger partial charge in [-0.1, -0.05) is 13.0 Å². The number of carbonyl (C=O) groups excluding carboxylic acids is 1. The highest BCUT2D eigenvalue weighted by Gasteiger charge is 2.25. The van der Waals surface area contributed by atoms with Gasteiger partial charge in [-0.25, -0.2) is 8.42 Å². The maximum atomic E-state index is 12.3. The fraction of sp³-hybridized carbons (Fsp3) is 0.533. The molecule has 0 aromatic heterocycles. The largest absolute Gasteiger partial charge is 0.324 e. The van der Waals surface area contributed by atoms with Gasteiger partial charge in [-0.15, -0.1) is 0 Å². The van der Waals surface area contributed by atoms with E-state index in [4.69, 9.17) is 0 Å². The molecule has 1 aliphatic heterocycles. The van der Waals surface area contributed by atoms with Crippen molar-refractivity contribution in [3.05, 3.63) is 23.8 Å². The molecule has 1 aliphatic rings. The minimum Gasteiger partial charge on any atom is -0.324 e. The number of hydrogen-bond acceptors (Lipinski definition) is 4. The Balaban J connectivity index is 2.17. The highest BCUT2D eigenvalue weighted by molar-refractivity contribution is 7.90. The molecule has 5 nitrogen and oxygen atoms in total. The Hall–Kier alpha value is -1.40. The number of benzene rings is 1. The van der Waals surface area contributed by atoms with Crippen molar-refractivity contribution in [2.45, 2.75) is 37.6 Å². The average Bonchev–Trinajstić information content (AvgIpc) is 2.40. The van der Waals surface area contributed by atoms with E-state index in [1.165, 1.54) is 6.07 Å². The average molecular weight is 310 g/mol. The van der Waals surface area contributed by atoms with Crippen LogP contribution in [0.5, 0.6) is 0 Å². The third-order valence-electron chi connectivity index (χ3n) is 3.88. The Labute approximate surface area is 126 Å². The molecule has 1 amide bonds. The predicted octanol–water partition coefficient (Wildman–Crippen LogP) is 1.73. The van der Waals surface area contributed by atoms with E-state index < -0.39 is 9.84 Å². The summed E-state index contributed by atoms with van der Waals surface area (Å²) in [5.74, 6) is 0.417. The highest BCUT2D eigenvalue weighted by Crippen LogP contribution is 2.22. The summed E-state index contributed by atoms with van der Waals surface area (Å²) in [5.41, 5.74) is 1.41. The normalized spacial score (nSPS) is 22.8. The van der Waals surface area contributed by atoms with Gasteiger partial charge < -0.3 is 10.6 Å². The number of aryl methyl sites for hydroxylation is 1. The maximum absolute atomic E-state index is 12.3. The van der Waals surface area contributed by atoms with Gasteiger partial charge in [0.05, 0.1) is 10.9 Å². The van der Waals surface area contributed by atoms with Gasteiger partial charge >= 0.3 is 0 Å². The molecule has 1 aromatic rings. The summed E-state index contributed by atoms with van der Waals surface area (Å²) in [6, 6.07) is 4.58. The molecule has 1 heterocycles. The molecule has 116 valence electrons. The Bertz CT molecular complexity index is 640. The second kappa shape index (κ2) is 6.15. The Morgan fingerprint density at radius 1 is 1.38 bits per heavy atom. The van der Waals surface area contributed by atoms with Gasteiger partial charge in [-0.05, 0) is 49.9 Å². The number of carbonyl (C=O) groups is 1. The molecule has 2 rings (SSSR count). The third kappa shape index (κ3) is 4.04. The summed E-state index contributed by atoms with van der Waals surface area (Å²) in [5, 5.41) is 6.05. The quantitative estimate of drug-likeness (QED) is 0.891. The van der Waals surface area contributed by atoms with E-state index in [-0.39, 0.29) is 16.8 Å². The Morgan fingerprint density at radius 3 is 2.71 bits per heavy atom. The molecule has 1 saturated heterocycles. The van der Waals surface area contributed by atoms with E-state index in [1.807, 2.05) is 6.92 Å². The number of amides is 1. The van der Waals surface area contributed by atoms with Gasteiger partial charge in [0.15, 0.2) is 9.84 Å². The molecule has 2 atom stereocenters. The van der Waals surface area contributed by atoms with Crippen molar-refractivity contribution in [1.82, 2.24) is 5.32 Å². The molecule has 0 bridgehead atoms. The molecule has 0 saturated carbocycles. The van der Waals surface area contributed by atoms with Crippen molar-refractivity contribution >= 4 is 21.4 Å². The molecule has 6 heteroatoms. The number of anilines is 1. The fourth-order valence-electron chi connectivity index (χ4n) is 2.49. The highest BCUT2D eigenvalue weighted by atomic mass is 32.2. The summed E-state index contributed by atoms with van der Waals surface area (Å²) >= 11 is 0. The second-order valence-electron chi connectivity index (χ2n) is 5.87. The zero-order valence-electron chi connectivity index (χ0n) is 12.6. The van der Waals surface area contributed by atoms with E-state index in [2.05, 4.69) is 17.6 Å². The van der Waals surface area contributed by atoms with Crippen LogP contribution in [0, 0.1) is 12.8 Å². The molecule has 2 unspecified atom stereocenters. The molecular weight excluding hydrogens is 288 g/mol. The summed E-state index contributed by atoms with van der Waals surface area (Å²) in [6.07, 6.45) is 3.04. The van der Waals surface area contributed by atoms with Gasteiger partial charge in [-0.2, -0.15) is 0 Å². The van der Waals surface area contributed by atoms with Crippen LogP contribution >= 0.6 is 0 Å². The van der Waals surface area contributed by atoms with Crippen LogP contribution in [0.4, 0.5) is 5.69 Å². The summed E-state index contributed by atoms with van der Waals surface area (Å²) in [6.45, 7) is 4.82. The molecule has 0 aliphatic carbocycles. The van der Waals surface area contributed by atoms with Crippen molar-refractivity contribution in [2.75, 3.05) is 18.1 Å². The molecular formula is C15H22N2O3S. The molecule has 1 aromatic carbocycles. The first kappa shape index (κ1) is 16.0. The SMILES string of the molecule is Cc1ccc(S(C)(=O)=O)cc1NC(=O)C1CC(C)CCN1. The lowest BCUT2D eigenvalue weighted by Gasteiger charge is -2.27. The van der Waals surface area contributed by atoms with E-state index in [0.29, 0.717) is 11.6 Å². The number of sulfone groups is 1. The topological polar surface area (TPSA) is 75.3 Å². The lowest BCUT2D eigenvalue weighted by molar-refractivity contribution is -0.119. The third-order valence-corrected chi connectivity index (χ3v) is 4.99. The monoisotopic (exact) mass is 310 g/mol.